The number of thioether (sulfide) groups is 1. The molecule has 2 aromatic rings. The van der Waals surface area contributed by atoms with Crippen molar-refractivity contribution < 1.29 is 14.0 Å². The van der Waals surface area contributed by atoms with E-state index in [9.17, 15) is 14.1 Å². The molecule has 1 aliphatic rings. The normalized spacial score (nSPS) is 17.1. The van der Waals surface area contributed by atoms with Gasteiger partial charge in [-0.05, 0) is 37.3 Å². The second kappa shape index (κ2) is 9.38. The highest BCUT2D eigenvalue weighted by Crippen LogP contribution is 2.30. The predicted octanol–water partition coefficient (Wildman–Crippen LogP) is 4.81. The third-order valence-corrected chi connectivity index (χ3v) is 6.08. The van der Waals surface area contributed by atoms with Crippen molar-refractivity contribution in [2.75, 3.05) is 6.26 Å². The molecule has 0 fully saturated rings. The van der Waals surface area contributed by atoms with Crippen molar-refractivity contribution in [1.29, 1.82) is 0 Å². The van der Waals surface area contributed by atoms with Crippen LogP contribution in [0, 0.1) is 10.7 Å². The van der Waals surface area contributed by atoms with Crippen LogP contribution in [0.25, 0.3) is 11.1 Å². The summed E-state index contributed by atoms with van der Waals surface area (Å²) in [6.45, 7) is 3.47. The third kappa shape index (κ3) is 4.87. The molecule has 158 valence electrons. The smallest absolute Gasteiger partial charge is 0.207 e. The lowest BCUT2D eigenvalue weighted by Crippen LogP contribution is -2.28. The Morgan fingerprint density at radius 3 is 2.60 bits per heavy atom. The number of halogens is 1. The van der Waals surface area contributed by atoms with Gasteiger partial charge in [-0.15, -0.1) is 16.7 Å². The lowest BCUT2D eigenvalue weighted by molar-refractivity contribution is -0.109. The van der Waals surface area contributed by atoms with Crippen molar-refractivity contribution in [2.45, 2.75) is 43.7 Å². The van der Waals surface area contributed by atoms with E-state index in [0.29, 0.717) is 36.1 Å². The molecule has 1 amide bonds. The van der Waals surface area contributed by atoms with E-state index >= 15 is 0 Å². The third-order valence-electron chi connectivity index (χ3n) is 5.18. The quantitative estimate of drug-likeness (QED) is 0.352. The first-order valence-corrected chi connectivity index (χ1v) is 10.9. The zero-order valence-electron chi connectivity index (χ0n) is 17.1. The summed E-state index contributed by atoms with van der Waals surface area (Å²) in [6.07, 6.45) is 3.60. The zero-order chi connectivity index (χ0) is 21.7. The number of nitroso groups, excluding NO2 is 1. The summed E-state index contributed by atoms with van der Waals surface area (Å²) in [7, 11) is 0. The Bertz CT molecular complexity index is 947. The fraction of sp³-hybridized carbons (Fsp3) is 0.364. The fourth-order valence-electron chi connectivity index (χ4n) is 3.31. The lowest BCUT2D eigenvalue weighted by Gasteiger charge is -2.16. The number of nitrogens with zero attached hydrogens (tertiary/aromatic N) is 2. The second-order valence-corrected chi connectivity index (χ2v) is 8.68. The van der Waals surface area contributed by atoms with Gasteiger partial charge in [-0.2, -0.15) is 0 Å². The van der Waals surface area contributed by atoms with E-state index in [2.05, 4.69) is 15.6 Å². The van der Waals surface area contributed by atoms with Crippen LogP contribution in [-0.4, -0.2) is 29.9 Å². The van der Waals surface area contributed by atoms with Crippen molar-refractivity contribution in [2.24, 2.45) is 10.3 Å². The number of hydrogen-bond acceptors (Lipinski definition) is 6. The first-order chi connectivity index (χ1) is 14.4. The van der Waals surface area contributed by atoms with Gasteiger partial charge in [0.2, 0.25) is 6.41 Å². The van der Waals surface area contributed by atoms with Crippen molar-refractivity contribution in [1.82, 2.24) is 5.32 Å². The van der Waals surface area contributed by atoms with Gasteiger partial charge in [-0.25, -0.2) is 4.39 Å². The Hall–Kier alpha value is -2.74. The summed E-state index contributed by atoms with van der Waals surface area (Å²) >= 11 is 1.53. The molecule has 2 unspecified atom stereocenters. The minimum atomic E-state index is -0.825. The summed E-state index contributed by atoms with van der Waals surface area (Å²) < 4.78 is 14.8. The number of rotatable bonds is 9. The minimum absolute atomic E-state index is 0.0523. The van der Waals surface area contributed by atoms with Crippen LogP contribution >= 0.6 is 11.8 Å². The van der Waals surface area contributed by atoms with E-state index in [1.54, 1.807) is 44.2 Å². The Morgan fingerprint density at radius 2 is 2.00 bits per heavy atom. The highest BCUT2D eigenvalue weighted by atomic mass is 32.2. The molecule has 1 N–H and O–H groups in total. The Kier molecular flexibility index (Phi) is 6.87. The molecule has 3 rings (SSSR count). The standard InChI is InChI=1S/C22H24FN3O3S/c1-22(2,26-28)16-7-4-14(5-8-16)18-9-6-15(10-19(18)23)20-11-17(29-25-20)12-21(30-3)24-13-27/h4-10,13,17,21H,11-12H2,1-3H3,(H,24,27). The van der Waals surface area contributed by atoms with Gasteiger partial charge in [0.25, 0.3) is 0 Å². The van der Waals surface area contributed by atoms with Crippen LogP contribution in [0.15, 0.2) is 52.8 Å². The van der Waals surface area contributed by atoms with Crippen LogP contribution < -0.4 is 5.32 Å². The average molecular weight is 430 g/mol. The van der Waals surface area contributed by atoms with E-state index < -0.39 is 5.54 Å². The summed E-state index contributed by atoms with van der Waals surface area (Å²) in [5.74, 6) is -0.358. The van der Waals surface area contributed by atoms with Gasteiger partial charge in [0.15, 0.2) is 0 Å². The van der Waals surface area contributed by atoms with Crippen LogP contribution in [0.5, 0.6) is 0 Å². The molecule has 6 nitrogen and oxygen atoms in total. The van der Waals surface area contributed by atoms with Crippen LogP contribution in [0.1, 0.15) is 37.8 Å². The average Bonchev–Trinajstić information content (AvgIpc) is 3.22. The van der Waals surface area contributed by atoms with Gasteiger partial charge in [-0.3, -0.25) is 4.79 Å². The predicted molar refractivity (Wildman–Crippen MR) is 118 cm³/mol. The number of hydrogen-bond donors (Lipinski definition) is 1. The summed E-state index contributed by atoms with van der Waals surface area (Å²) in [6, 6.07) is 12.2. The molecule has 0 saturated heterocycles. The minimum Gasteiger partial charge on any atom is -0.392 e. The number of nitrogens with one attached hydrogen (secondary N) is 1. The summed E-state index contributed by atoms with van der Waals surface area (Å²) in [5.41, 5.74) is 2.49. The molecule has 8 heteroatoms. The van der Waals surface area contributed by atoms with Crippen LogP contribution in [0.4, 0.5) is 4.39 Å². The highest BCUT2D eigenvalue weighted by molar-refractivity contribution is 7.99. The molecule has 0 aromatic heterocycles. The van der Waals surface area contributed by atoms with Crippen LogP contribution in [-0.2, 0) is 15.2 Å². The largest absolute Gasteiger partial charge is 0.392 e. The maximum atomic E-state index is 14.8. The highest BCUT2D eigenvalue weighted by Gasteiger charge is 2.26. The monoisotopic (exact) mass is 429 g/mol. The second-order valence-electron chi connectivity index (χ2n) is 7.64. The molecule has 0 saturated carbocycles. The Balaban J connectivity index is 1.72. The molecule has 0 aliphatic carbocycles. The van der Waals surface area contributed by atoms with Gasteiger partial charge in [0.05, 0.1) is 11.1 Å². The van der Waals surface area contributed by atoms with E-state index in [1.165, 1.54) is 17.8 Å². The number of carbonyl (C=O) groups excluding carboxylic acids is 1. The van der Waals surface area contributed by atoms with Crippen LogP contribution in [0.3, 0.4) is 0 Å². The number of carbonyl (C=O) groups is 1. The molecule has 0 bridgehead atoms. The van der Waals surface area contributed by atoms with E-state index in [0.717, 1.165) is 11.1 Å². The SMILES string of the molecule is CSC(CC1CC(c2ccc(-c3ccc(C(C)(C)N=O)cc3)c(F)c2)=NO1)NC=O. The fourth-order valence-corrected chi connectivity index (χ4v) is 3.91. The molecule has 2 aromatic carbocycles. The van der Waals surface area contributed by atoms with Gasteiger partial charge < -0.3 is 10.2 Å². The summed E-state index contributed by atoms with van der Waals surface area (Å²) in [5, 5.41) is 9.93. The van der Waals surface area contributed by atoms with Crippen molar-refractivity contribution in [3.8, 4) is 11.1 Å². The Morgan fingerprint density at radius 1 is 1.30 bits per heavy atom. The van der Waals surface area contributed by atoms with E-state index in [1.807, 2.05) is 12.3 Å². The van der Waals surface area contributed by atoms with E-state index in [-0.39, 0.29) is 17.3 Å². The zero-order valence-corrected chi connectivity index (χ0v) is 17.9. The molecule has 0 radical (unpaired) electrons. The topological polar surface area (TPSA) is 80.1 Å². The molecular weight excluding hydrogens is 405 g/mol. The molecule has 1 aliphatic heterocycles. The Labute approximate surface area is 179 Å². The first kappa shape index (κ1) is 22.0. The van der Waals surface area contributed by atoms with Gasteiger partial charge in [-0.1, -0.05) is 46.7 Å². The van der Waals surface area contributed by atoms with Crippen molar-refractivity contribution in [3.05, 3.63) is 64.3 Å². The van der Waals surface area contributed by atoms with Gasteiger partial charge in [0.1, 0.15) is 17.5 Å². The van der Waals surface area contributed by atoms with Gasteiger partial charge >= 0.3 is 0 Å². The maximum Gasteiger partial charge on any atom is 0.207 e. The number of benzene rings is 2. The first-order valence-electron chi connectivity index (χ1n) is 9.58. The van der Waals surface area contributed by atoms with Crippen molar-refractivity contribution in [3.63, 3.8) is 0 Å². The molecule has 1 heterocycles. The van der Waals surface area contributed by atoms with Crippen molar-refractivity contribution >= 4 is 23.9 Å². The van der Waals surface area contributed by atoms with E-state index in [4.69, 9.17) is 4.84 Å². The molecular formula is C22H24FN3O3S. The molecule has 2 atom stereocenters. The lowest BCUT2D eigenvalue weighted by atomic mass is 9.93. The van der Waals surface area contributed by atoms with Gasteiger partial charge in [0, 0.05) is 24.0 Å². The number of oxime groups is 1. The molecule has 0 spiro atoms. The van der Waals surface area contributed by atoms with Crippen LogP contribution in [0.2, 0.25) is 0 Å². The summed E-state index contributed by atoms with van der Waals surface area (Å²) in [4.78, 5) is 27.1. The molecule has 30 heavy (non-hydrogen) atoms. The number of amides is 1. The maximum absolute atomic E-state index is 14.8.